The second kappa shape index (κ2) is 5.65. The number of amides is 1. The van der Waals surface area contributed by atoms with E-state index in [2.05, 4.69) is 20.3 Å². The van der Waals surface area contributed by atoms with Crippen molar-refractivity contribution in [2.45, 2.75) is 50.8 Å². The molecule has 10 nitrogen and oxygen atoms in total. The fraction of sp³-hybridized carbons (Fsp3) is 0.571. The third-order valence-corrected chi connectivity index (χ3v) is 3.66. The molecule has 130 valence electrons. The molecule has 0 bridgehead atoms. The first-order valence-electron chi connectivity index (χ1n) is 7.45. The van der Waals surface area contributed by atoms with Gasteiger partial charge in [0.2, 0.25) is 0 Å². The van der Waals surface area contributed by atoms with Crippen LogP contribution >= 0.6 is 0 Å². The van der Waals surface area contributed by atoms with Gasteiger partial charge >= 0.3 is 0 Å². The monoisotopic (exact) mass is 336 g/mol. The molecule has 0 aromatic carbocycles. The van der Waals surface area contributed by atoms with Gasteiger partial charge in [0.1, 0.15) is 24.1 Å². The van der Waals surface area contributed by atoms with E-state index < -0.39 is 36.0 Å². The molecule has 1 aliphatic rings. The Kier molecular flexibility index (Phi) is 3.90. The third kappa shape index (κ3) is 2.79. The van der Waals surface area contributed by atoms with E-state index in [-0.39, 0.29) is 5.82 Å². The fourth-order valence-electron chi connectivity index (χ4n) is 2.60. The van der Waals surface area contributed by atoms with Crippen LogP contribution < -0.4 is 11.1 Å². The molecule has 1 aliphatic heterocycles. The number of aliphatic hydroxyl groups excluding tert-OH is 2. The Morgan fingerprint density at radius 2 is 2.00 bits per heavy atom. The maximum atomic E-state index is 12.3. The number of carbonyl (C=O) groups excluding carboxylic acids is 1. The first-order valence-corrected chi connectivity index (χ1v) is 7.45. The molecule has 24 heavy (non-hydrogen) atoms. The maximum Gasteiger partial charge on any atom is 0.252 e. The molecule has 3 rings (SSSR count). The highest BCUT2D eigenvalue weighted by Gasteiger charge is 2.48. The van der Waals surface area contributed by atoms with Crippen LogP contribution in [0.25, 0.3) is 11.2 Å². The van der Waals surface area contributed by atoms with Gasteiger partial charge in [-0.2, -0.15) is 0 Å². The van der Waals surface area contributed by atoms with E-state index in [1.165, 1.54) is 17.2 Å². The van der Waals surface area contributed by atoms with Gasteiger partial charge in [0.05, 0.1) is 6.33 Å². The van der Waals surface area contributed by atoms with Gasteiger partial charge in [0.25, 0.3) is 5.91 Å². The number of hydrogen-bond donors (Lipinski definition) is 4. The molecule has 1 fully saturated rings. The minimum absolute atomic E-state index is 0.189. The van der Waals surface area contributed by atoms with E-state index in [1.54, 1.807) is 0 Å². The minimum atomic E-state index is -1.38. The number of fused-ring (bicyclic) bond motifs is 1. The quantitative estimate of drug-likeness (QED) is 0.542. The Bertz CT molecular complexity index is 770. The maximum absolute atomic E-state index is 12.3. The highest BCUT2D eigenvalue weighted by atomic mass is 16.6. The van der Waals surface area contributed by atoms with Crippen LogP contribution in [0.3, 0.4) is 0 Å². The number of ether oxygens (including phenoxy) is 1. The topological polar surface area (TPSA) is 148 Å². The summed E-state index contributed by atoms with van der Waals surface area (Å²) in [4.78, 5) is 24.3. The Morgan fingerprint density at radius 3 is 2.67 bits per heavy atom. The number of aromatic nitrogens is 4. The zero-order valence-electron chi connectivity index (χ0n) is 13.5. The van der Waals surface area contributed by atoms with Crippen molar-refractivity contribution in [1.82, 2.24) is 24.8 Å². The van der Waals surface area contributed by atoms with Gasteiger partial charge in [-0.1, -0.05) is 0 Å². The van der Waals surface area contributed by atoms with Crippen LogP contribution in [-0.2, 0) is 9.53 Å². The summed E-state index contributed by atoms with van der Waals surface area (Å²) in [5, 5.41) is 23.2. The first kappa shape index (κ1) is 16.6. The molecule has 1 saturated heterocycles. The van der Waals surface area contributed by atoms with Crippen LogP contribution in [0.2, 0.25) is 0 Å². The second-order valence-electron chi connectivity index (χ2n) is 6.75. The van der Waals surface area contributed by atoms with Gasteiger partial charge in [0, 0.05) is 5.54 Å². The van der Waals surface area contributed by atoms with Crippen molar-refractivity contribution < 1.29 is 19.7 Å². The number of anilines is 1. The van der Waals surface area contributed by atoms with Crippen molar-refractivity contribution in [3.05, 3.63) is 12.7 Å². The Hall–Kier alpha value is -2.30. The lowest BCUT2D eigenvalue weighted by Gasteiger charge is -2.23. The van der Waals surface area contributed by atoms with Crippen molar-refractivity contribution in [3.8, 4) is 0 Å². The number of rotatable bonds is 2. The molecule has 2 aromatic rings. The van der Waals surface area contributed by atoms with E-state index in [4.69, 9.17) is 10.5 Å². The van der Waals surface area contributed by atoms with Gasteiger partial charge in [-0.3, -0.25) is 9.36 Å². The van der Waals surface area contributed by atoms with Crippen molar-refractivity contribution in [2.75, 3.05) is 5.73 Å². The smallest absolute Gasteiger partial charge is 0.252 e. The van der Waals surface area contributed by atoms with Gasteiger partial charge in [-0.15, -0.1) is 0 Å². The number of nitrogen functional groups attached to an aromatic ring is 1. The molecular weight excluding hydrogens is 316 g/mol. The van der Waals surface area contributed by atoms with Crippen molar-refractivity contribution in [3.63, 3.8) is 0 Å². The lowest BCUT2D eigenvalue weighted by molar-refractivity contribution is -0.139. The summed E-state index contributed by atoms with van der Waals surface area (Å²) in [5.74, 6) is -0.316. The second-order valence-corrected chi connectivity index (χ2v) is 6.75. The normalized spacial score (nSPS) is 27.5. The number of aliphatic hydroxyl groups is 2. The molecule has 5 N–H and O–H groups in total. The highest BCUT2D eigenvalue weighted by Crippen LogP contribution is 2.32. The van der Waals surface area contributed by atoms with Crippen LogP contribution in [0.5, 0.6) is 0 Å². The Balaban J connectivity index is 1.89. The predicted octanol–water partition coefficient (Wildman–Crippen LogP) is -1.06. The van der Waals surface area contributed by atoms with Crippen LogP contribution in [0.1, 0.15) is 27.0 Å². The summed E-state index contributed by atoms with van der Waals surface area (Å²) in [5.41, 5.74) is 5.93. The number of nitrogens with zero attached hydrogens (tertiary/aromatic N) is 4. The number of imidazole rings is 1. The van der Waals surface area contributed by atoms with Crippen LogP contribution in [0.15, 0.2) is 12.7 Å². The van der Waals surface area contributed by atoms with Gasteiger partial charge in [-0.25, -0.2) is 15.0 Å². The van der Waals surface area contributed by atoms with Crippen LogP contribution in [0, 0.1) is 0 Å². The number of carbonyl (C=O) groups is 1. The average molecular weight is 336 g/mol. The fourth-order valence-corrected chi connectivity index (χ4v) is 2.60. The van der Waals surface area contributed by atoms with E-state index in [9.17, 15) is 15.0 Å². The van der Waals surface area contributed by atoms with E-state index in [1.807, 2.05) is 20.8 Å². The third-order valence-electron chi connectivity index (χ3n) is 3.66. The van der Waals surface area contributed by atoms with Gasteiger partial charge in [0.15, 0.2) is 23.8 Å². The summed E-state index contributed by atoms with van der Waals surface area (Å²) >= 11 is 0. The van der Waals surface area contributed by atoms with Crippen molar-refractivity contribution in [2.24, 2.45) is 0 Å². The number of nitrogens with two attached hydrogens (primary N) is 1. The standard InChI is InChI=1S/C14H20N6O4/c1-14(2,3)19-12(23)9-7(21)8(22)13(24-9)20-5-18-6-10(15)16-4-17-11(6)20/h4-5,7-9,13,21-22H,1-3H3,(H,19,23)(H2,15,16,17)/t7-,8+,9-,13+/m0/s1. The zero-order chi connectivity index (χ0) is 17.6. The van der Waals surface area contributed by atoms with Crippen LogP contribution in [-0.4, -0.2) is 59.5 Å². The minimum Gasteiger partial charge on any atom is -0.387 e. The molecular formula is C14H20N6O4. The molecule has 1 amide bonds. The highest BCUT2D eigenvalue weighted by molar-refractivity contribution is 5.83. The Labute approximate surface area is 137 Å². The molecule has 0 spiro atoms. The molecule has 3 heterocycles. The predicted molar refractivity (Wildman–Crippen MR) is 83.6 cm³/mol. The SMILES string of the molecule is CC(C)(C)NC(=O)[C@H]1O[C@@H](n2cnc3c(N)ncnc32)[C@H](O)[C@@H]1O. The summed E-state index contributed by atoms with van der Waals surface area (Å²) in [7, 11) is 0. The van der Waals surface area contributed by atoms with E-state index in [0.717, 1.165) is 0 Å². The average Bonchev–Trinajstić information content (AvgIpc) is 3.01. The summed E-state index contributed by atoms with van der Waals surface area (Å²) in [6.07, 6.45) is -2.29. The first-order chi connectivity index (χ1) is 11.2. The lowest BCUT2D eigenvalue weighted by atomic mass is 10.1. The summed E-state index contributed by atoms with van der Waals surface area (Å²) in [6.45, 7) is 5.43. The summed E-state index contributed by atoms with van der Waals surface area (Å²) in [6, 6.07) is 0. The molecule has 2 aromatic heterocycles. The molecule has 0 aliphatic carbocycles. The molecule has 10 heteroatoms. The van der Waals surface area contributed by atoms with E-state index >= 15 is 0 Å². The molecule has 0 saturated carbocycles. The largest absolute Gasteiger partial charge is 0.387 e. The number of nitrogens with one attached hydrogen (secondary N) is 1. The van der Waals surface area contributed by atoms with Crippen LogP contribution in [0.4, 0.5) is 5.82 Å². The molecule has 0 radical (unpaired) electrons. The molecule has 0 unspecified atom stereocenters. The van der Waals surface area contributed by atoms with Gasteiger partial charge < -0.3 is 26.0 Å². The van der Waals surface area contributed by atoms with Crippen molar-refractivity contribution >= 4 is 22.9 Å². The number of hydrogen-bond acceptors (Lipinski definition) is 8. The summed E-state index contributed by atoms with van der Waals surface area (Å²) < 4.78 is 7.02. The Morgan fingerprint density at radius 1 is 1.29 bits per heavy atom. The zero-order valence-corrected chi connectivity index (χ0v) is 13.5. The van der Waals surface area contributed by atoms with Crippen molar-refractivity contribution in [1.29, 1.82) is 0 Å². The molecule has 4 atom stereocenters. The van der Waals surface area contributed by atoms with E-state index in [0.29, 0.717) is 11.2 Å². The van der Waals surface area contributed by atoms with Gasteiger partial charge in [-0.05, 0) is 20.8 Å². The lowest BCUT2D eigenvalue weighted by Crippen LogP contribution is -2.49.